The van der Waals surface area contributed by atoms with Gasteiger partial charge >= 0.3 is 0 Å². The van der Waals surface area contributed by atoms with Gasteiger partial charge in [-0.05, 0) is 51.4 Å². The van der Waals surface area contributed by atoms with Crippen molar-refractivity contribution in [3.8, 4) is 0 Å². The van der Waals surface area contributed by atoms with Crippen molar-refractivity contribution in [2.45, 2.75) is 75.5 Å². The quantitative estimate of drug-likeness (QED) is 0.226. The number of amides is 4. The smallest absolute Gasteiger partial charge is 0.242 e. The van der Waals surface area contributed by atoms with Gasteiger partial charge in [-0.15, -0.1) is 0 Å². The van der Waals surface area contributed by atoms with Gasteiger partial charge in [-0.25, -0.2) is 0 Å². The van der Waals surface area contributed by atoms with Crippen LogP contribution in [-0.4, -0.2) is 88.2 Å². The molecule has 2 aliphatic heterocycles. The molecule has 2 aliphatic carbocycles. The Kier molecular flexibility index (Phi) is 6.67. The lowest BCUT2D eigenvalue weighted by atomic mass is 9.63. The number of aliphatic hydroxyl groups is 1. The molecule has 2 atom stereocenters. The topological polar surface area (TPSA) is 159 Å². The van der Waals surface area contributed by atoms with Crippen molar-refractivity contribution in [2.75, 3.05) is 25.4 Å². The number of aliphatic hydroxyl groups excluding tert-OH is 1. The summed E-state index contributed by atoms with van der Waals surface area (Å²) in [6, 6.07) is -1.36. The van der Waals surface area contributed by atoms with Crippen molar-refractivity contribution >= 4 is 36.3 Å². The van der Waals surface area contributed by atoms with E-state index in [-0.39, 0.29) is 35.2 Å². The average Bonchev–Trinajstić information content (AvgIpc) is 2.82. The number of thiol groups is 1. The Morgan fingerprint density at radius 2 is 1.64 bits per heavy atom. The van der Waals surface area contributed by atoms with Gasteiger partial charge in [0.1, 0.15) is 6.04 Å². The summed E-state index contributed by atoms with van der Waals surface area (Å²) >= 11 is 4.06. The second-order valence-corrected chi connectivity index (χ2v) is 10.7. The number of carbonyl (C=O) groups is 4. The maximum absolute atomic E-state index is 13.1. The molecule has 11 heteroatoms. The Bertz CT molecular complexity index is 822. The molecular formula is C22H35N5O5S. The zero-order valence-corrected chi connectivity index (χ0v) is 19.8. The van der Waals surface area contributed by atoms with Crippen molar-refractivity contribution in [2.24, 2.45) is 22.3 Å². The third-order valence-electron chi connectivity index (χ3n) is 8.43. The van der Waals surface area contributed by atoms with E-state index in [4.69, 9.17) is 11.5 Å². The summed E-state index contributed by atoms with van der Waals surface area (Å²) in [5, 5.41) is 12.3. The molecule has 2 saturated heterocycles. The van der Waals surface area contributed by atoms with E-state index in [0.29, 0.717) is 25.1 Å². The van der Waals surface area contributed by atoms with Gasteiger partial charge in [0.25, 0.3) is 0 Å². The molecule has 0 aromatic carbocycles. The molecule has 4 rings (SSSR count). The maximum atomic E-state index is 13.1. The second kappa shape index (κ2) is 9.07. The van der Waals surface area contributed by atoms with E-state index in [2.05, 4.69) is 17.9 Å². The first-order valence-electron chi connectivity index (χ1n) is 11.9. The number of likely N-dealkylation sites (tertiary alicyclic amines) is 2. The molecule has 0 aromatic heterocycles. The molecule has 2 heterocycles. The standard InChI is InChI=1S/C22H35N5O5S/c23-15(10-33)18(30)25-13-1-5-21(6-2-13)11-26(19(21)31)14-3-7-22(8-4-14)12-27(20(22)32)16(9-28)17(24)29/h13-16,28,33H,1-12,23H2,(H2,24,29)(H,25,30)/t13?,14?,15-,16+,21?,22?/m0/s1. The zero-order valence-electron chi connectivity index (χ0n) is 18.9. The van der Waals surface area contributed by atoms with Gasteiger partial charge in [-0.2, -0.15) is 12.6 Å². The Morgan fingerprint density at radius 3 is 2.12 bits per heavy atom. The van der Waals surface area contributed by atoms with Gasteiger partial charge in [-0.3, -0.25) is 19.2 Å². The molecule has 184 valence electrons. The van der Waals surface area contributed by atoms with Crippen LogP contribution >= 0.6 is 12.6 Å². The summed E-state index contributed by atoms with van der Waals surface area (Å²) in [5.74, 6) is -0.479. The minimum atomic E-state index is -0.953. The van der Waals surface area contributed by atoms with Crippen molar-refractivity contribution in [1.29, 1.82) is 0 Å². The first-order valence-corrected chi connectivity index (χ1v) is 12.5. The first kappa shape index (κ1) is 24.3. The zero-order chi connectivity index (χ0) is 24.0. The van der Waals surface area contributed by atoms with E-state index in [1.807, 2.05) is 4.90 Å². The highest BCUT2D eigenvalue weighted by Crippen LogP contribution is 2.51. The van der Waals surface area contributed by atoms with Crippen molar-refractivity contribution in [1.82, 2.24) is 15.1 Å². The van der Waals surface area contributed by atoms with Gasteiger partial charge in [-0.1, -0.05) is 0 Å². The highest BCUT2D eigenvalue weighted by atomic mass is 32.1. The van der Waals surface area contributed by atoms with Gasteiger partial charge < -0.3 is 31.7 Å². The van der Waals surface area contributed by atoms with Crippen LogP contribution in [0, 0.1) is 10.8 Å². The SMILES string of the molecule is NC(=O)[C@@H](CO)N1CC2(CCC(N3CC4(CCC(NC(=O)[C@@H](N)CS)CC4)C3=O)CC2)C1=O. The van der Waals surface area contributed by atoms with E-state index in [1.54, 1.807) is 0 Å². The normalized spacial score (nSPS) is 35.7. The van der Waals surface area contributed by atoms with Crippen LogP contribution in [0.3, 0.4) is 0 Å². The lowest BCUT2D eigenvalue weighted by molar-refractivity contribution is -0.179. The number of nitrogens with two attached hydrogens (primary N) is 2. The molecule has 4 fully saturated rings. The van der Waals surface area contributed by atoms with E-state index >= 15 is 0 Å². The maximum Gasteiger partial charge on any atom is 0.242 e. The van der Waals surface area contributed by atoms with E-state index < -0.39 is 30.0 Å². The van der Waals surface area contributed by atoms with Crippen molar-refractivity contribution in [3.05, 3.63) is 0 Å². The first-order chi connectivity index (χ1) is 15.7. The van der Waals surface area contributed by atoms with Crippen LogP contribution in [0.4, 0.5) is 0 Å². The van der Waals surface area contributed by atoms with Gasteiger partial charge in [0.2, 0.25) is 23.6 Å². The largest absolute Gasteiger partial charge is 0.394 e. The number of nitrogens with one attached hydrogen (secondary N) is 1. The summed E-state index contributed by atoms with van der Waals surface area (Å²) in [4.78, 5) is 52.7. The molecule has 0 radical (unpaired) electrons. The third-order valence-corrected chi connectivity index (χ3v) is 8.82. The van der Waals surface area contributed by atoms with Crippen LogP contribution in [0.25, 0.3) is 0 Å². The summed E-state index contributed by atoms with van der Waals surface area (Å²) in [7, 11) is 0. The predicted octanol–water partition coefficient (Wildman–Crippen LogP) is -1.25. The van der Waals surface area contributed by atoms with Crippen LogP contribution in [0.15, 0.2) is 0 Å². The molecule has 0 unspecified atom stereocenters. The van der Waals surface area contributed by atoms with Gasteiger partial charge in [0.15, 0.2) is 0 Å². The fourth-order valence-corrected chi connectivity index (χ4v) is 6.33. The number of nitrogens with zero attached hydrogens (tertiary/aromatic N) is 2. The molecule has 0 aromatic rings. The number of primary amides is 1. The summed E-state index contributed by atoms with van der Waals surface area (Å²) in [5.41, 5.74) is 10.2. The number of rotatable bonds is 7. The van der Waals surface area contributed by atoms with Crippen LogP contribution in [0.1, 0.15) is 51.4 Å². The lowest BCUT2D eigenvalue weighted by Crippen LogP contribution is -2.70. The minimum absolute atomic E-state index is 0.0566. The van der Waals surface area contributed by atoms with Crippen LogP contribution in [0.5, 0.6) is 0 Å². The predicted molar refractivity (Wildman–Crippen MR) is 123 cm³/mol. The van der Waals surface area contributed by atoms with Gasteiger partial charge in [0, 0.05) is 30.9 Å². The Balaban J connectivity index is 1.24. The van der Waals surface area contributed by atoms with Crippen LogP contribution < -0.4 is 16.8 Å². The number of hydrogen-bond acceptors (Lipinski definition) is 7. The van der Waals surface area contributed by atoms with E-state index in [9.17, 15) is 24.3 Å². The molecule has 0 bridgehead atoms. The molecule has 33 heavy (non-hydrogen) atoms. The molecule has 2 spiro atoms. The molecule has 2 saturated carbocycles. The van der Waals surface area contributed by atoms with Crippen molar-refractivity contribution < 1.29 is 24.3 Å². The summed E-state index contributed by atoms with van der Waals surface area (Å²) in [6.45, 7) is 0.722. The lowest BCUT2D eigenvalue weighted by Gasteiger charge is -2.58. The highest BCUT2D eigenvalue weighted by molar-refractivity contribution is 7.80. The number of hydrogen-bond donors (Lipinski definition) is 5. The molecule has 10 nitrogen and oxygen atoms in total. The fraction of sp³-hybridized carbons (Fsp3) is 0.818. The van der Waals surface area contributed by atoms with Crippen LogP contribution in [-0.2, 0) is 19.2 Å². The Hall–Kier alpha value is -1.85. The number of carbonyl (C=O) groups excluding carboxylic acids is 4. The van der Waals surface area contributed by atoms with Gasteiger partial charge in [0.05, 0.1) is 23.5 Å². The highest BCUT2D eigenvalue weighted by Gasteiger charge is 2.59. The Labute approximate surface area is 199 Å². The minimum Gasteiger partial charge on any atom is -0.394 e. The molecule has 4 aliphatic rings. The number of β-lactam (4-membered cyclic amide) rings is 2. The average molecular weight is 482 g/mol. The molecular weight excluding hydrogens is 446 g/mol. The summed E-state index contributed by atoms with van der Waals surface area (Å²) < 4.78 is 0. The van der Waals surface area contributed by atoms with Crippen molar-refractivity contribution in [3.63, 3.8) is 0 Å². The molecule has 6 N–H and O–H groups in total. The monoisotopic (exact) mass is 481 g/mol. The Morgan fingerprint density at radius 1 is 1.06 bits per heavy atom. The third kappa shape index (κ3) is 4.12. The van der Waals surface area contributed by atoms with Crippen LogP contribution in [0.2, 0.25) is 0 Å². The van der Waals surface area contributed by atoms with E-state index in [0.717, 1.165) is 45.1 Å². The fourth-order valence-electron chi connectivity index (χ4n) is 6.16. The molecule has 4 amide bonds. The summed E-state index contributed by atoms with van der Waals surface area (Å²) in [6.07, 6.45) is 5.97. The second-order valence-electron chi connectivity index (χ2n) is 10.3. The van der Waals surface area contributed by atoms with E-state index in [1.165, 1.54) is 4.90 Å².